The molecule has 0 spiro atoms. The average Bonchev–Trinajstić information content (AvgIpc) is 2.82. The largest absolute Gasteiger partial charge is 0.486 e. The first-order valence-corrected chi connectivity index (χ1v) is 8.12. The maximum atomic E-state index is 10.3. The van der Waals surface area contributed by atoms with Crippen LogP contribution in [0, 0.1) is 6.92 Å². The standard InChI is InChI=1S/C17H23NO2S/c1-5-6-14-16(17(3,4)19)21-15(18-14)11-20-13-9-7-12(2)8-10-13/h7-10,19H,5-6,11H2,1-4H3. The van der Waals surface area contributed by atoms with Gasteiger partial charge in [0.05, 0.1) is 16.2 Å². The molecule has 1 aromatic heterocycles. The molecule has 0 aliphatic carbocycles. The highest BCUT2D eigenvalue weighted by molar-refractivity contribution is 7.11. The summed E-state index contributed by atoms with van der Waals surface area (Å²) in [5.41, 5.74) is 1.37. The Kier molecular flexibility index (Phi) is 5.01. The van der Waals surface area contributed by atoms with Crippen LogP contribution < -0.4 is 4.74 Å². The third kappa shape index (κ3) is 4.29. The van der Waals surface area contributed by atoms with Crippen LogP contribution in [0.15, 0.2) is 24.3 Å². The molecule has 2 rings (SSSR count). The third-order valence-corrected chi connectivity index (χ3v) is 4.55. The molecule has 4 heteroatoms. The Morgan fingerprint density at radius 2 is 1.90 bits per heavy atom. The summed E-state index contributed by atoms with van der Waals surface area (Å²) in [4.78, 5) is 5.58. The van der Waals surface area contributed by atoms with Crippen molar-refractivity contribution in [2.45, 2.75) is 52.7 Å². The predicted octanol–water partition coefficient (Wildman–Crippen LogP) is 4.21. The fourth-order valence-corrected chi connectivity index (χ4v) is 3.15. The molecule has 0 aliphatic heterocycles. The normalized spacial score (nSPS) is 11.7. The van der Waals surface area contributed by atoms with Gasteiger partial charge in [0.2, 0.25) is 0 Å². The Morgan fingerprint density at radius 1 is 1.24 bits per heavy atom. The molecule has 2 aromatic rings. The van der Waals surface area contributed by atoms with Gasteiger partial charge in [-0.2, -0.15) is 0 Å². The van der Waals surface area contributed by atoms with Gasteiger partial charge in [0.1, 0.15) is 17.4 Å². The van der Waals surface area contributed by atoms with Gasteiger partial charge in [-0.15, -0.1) is 11.3 Å². The van der Waals surface area contributed by atoms with Crippen LogP contribution in [0.25, 0.3) is 0 Å². The van der Waals surface area contributed by atoms with Crippen molar-refractivity contribution in [1.82, 2.24) is 4.98 Å². The van der Waals surface area contributed by atoms with Gasteiger partial charge in [0.25, 0.3) is 0 Å². The highest BCUT2D eigenvalue weighted by Gasteiger charge is 2.24. The second-order valence-corrected chi connectivity index (χ2v) is 6.88. The van der Waals surface area contributed by atoms with Crippen LogP contribution in [0.3, 0.4) is 0 Å². The van der Waals surface area contributed by atoms with E-state index in [9.17, 15) is 5.11 Å². The van der Waals surface area contributed by atoms with Gasteiger partial charge in [-0.05, 0) is 39.3 Å². The Balaban J connectivity index is 2.11. The number of thiazole rings is 1. The maximum Gasteiger partial charge on any atom is 0.140 e. The summed E-state index contributed by atoms with van der Waals surface area (Å²) >= 11 is 1.54. The minimum absolute atomic E-state index is 0.445. The summed E-state index contributed by atoms with van der Waals surface area (Å²) in [6.45, 7) is 8.24. The molecule has 0 radical (unpaired) electrons. The van der Waals surface area contributed by atoms with Crippen molar-refractivity contribution in [1.29, 1.82) is 0 Å². The molecule has 0 saturated carbocycles. The van der Waals surface area contributed by atoms with Crippen LogP contribution in [0.4, 0.5) is 0 Å². The van der Waals surface area contributed by atoms with Crippen molar-refractivity contribution in [2.75, 3.05) is 0 Å². The number of aliphatic hydroxyl groups is 1. The number of hydrogen-bond donors (Lipinski definition) is 1. The number of benzene rings is 1. The quantitative estimate of drug-likeness (QED) is 0.869. The number of rotatable bonds is 6. The smallest absolute Gasteiger partial charge is 0.140 e. The van der Waals surface area contributed by atoms with Gasteiger partial charge in [-0.3, -0.25) is 0 Å². The van der Waals surface area contributed by atoms with Crippen LogP contribution in [0.1, 0.15) is 48.3 Å². The molecule has 1 heterocycles. The predicted molar refractivity (Wildman–Crippen MR) is 86.9 cm³/mol. The topological polar surface area (TPSA) is 42.4 Å². The first-order chi connectivity index (χ1) is 9.90. The lowest BCUT2D eigenvalue weighted by molar-refractivity contribution is 0.0813. The van der Waals surface area contributed by atoms with Gasteiger partial charge in [0, 0.05) is 0 Å². The Morgan fingerprint density at radius 3 is 2.48 bits per heavy atom. The van der Waals surface area contributed by atoms with Crippen molar-refractivity contribution in [2.24, 2.45) is 0 Å². The van der Waals surface area contributed by atoms with Gasteiger partial charge >= 0.3 is 0 Å². The lowest BCUT2D eigenvalue weighted by Crippen LogP contribution is -2.15. The van der Waals surface area contributed by atoms with E-state index in [1.807, 2.05) is 38.1 Å². The zero-order valence-corrected chi connectivity index (χ0v) is 14.0. The molecule has 0 fully saturated rings. The van der Waals surface area contributed by atoms with Crippen LogP contribution >= 0.6 is 11.3 Å². The van der Waals surface area contributed by atoms with Gasteiger partial charge in [0.15, 0.2) is 0 Å². The Labute approximate surface area is 130 Å². The van der Waals surface area contributed by atoms with E-state index in [1.54, 1.807) is 11.3 Å². The minimum atomic E-state index is -0.843. The molecule has 1 aromatic carbocycles. The van der Waals surface area contributed by atoms with E-state index in [2.05, 4.69) is 18.8 Å². The second kappa shape index (κ2) is 6.58. The number of hydrogen-bond acceptors (Lipinski definition) is 4. The molecule has 21 heavy (non-hydrogen) atoms. The number of aromatic nitrogens is 1. The van der Waals surface area contributed by atoms with Gasteiger partial charge < -0.3 is 9.84 Å². The summed E-state index contributed by atoms with van der Waals surface area (Å²) in [5.74, 6) is 0.845. The van der Waals surface area contributed by atoms with E-state index in [-0.39, 0.29) is 0 Å². The molecule has 0 atom stereocenters. The Hall–Kier alpha value is -1.39. The maximum absolute atomic E-state index is 10.3. The van der Waals surface area contributed by atoms with Crippen LogP contribution in [0.5, 0.6) is 5.75 Å². The monoisotopic (exact) mass is 305 g/mol. The van der Waals surface area contributed by atoms with Crippen molar-refractivity contribution in [3.05, 3.63) is 45.4 Å². The van der Waals surface area contributed by atoms with Crippen molar-refractivity contribution < 1.29 is 9.84 Å². The zero-order valence-electron chi connectivity index (χ0n) is 13.1. The molecule has 114 valence electrons. The molecule has 0 unspecified atom stereocenters. The summed E-state index contributed by atoms with van der Waals surface area (Å²) in [5, 5.41) is 11.2. The van der Waals surface area contributed by atoms with E-state index in [0.29, 0.717) is 6.61 Å². The summed E-state index contributed by atoms with van der Waals surface area (Å²) < 4.78 is 5.77. The van der Waals surface area contributed by atoms with E-state index < -0.39 is 5.60 Å². The summed E-state index contributed by atoms with van der Waals surface area (Å²) in [7, 11) is 0. The molecule has 3 nitrogen and oxygen atoms in total. The van der Waals surface area contributed by atoms with Crippen LogP contribution in [-0.4, -0.2) is 10.1 Å². The highest BCUT2D eigenvalue weighted by atomic mass is 32.1. The highest BCUT2D eigenvalue weighted by Crippen LogP contribution is 2.31. The van der Waals surface area contributed by atoms with Gasteiger partial charge in [-0.1, -0.05) is 31.0 Å². The van der Waals surface area contributed by atoms with E-state index >= 15 is 0 Å². The van der Waals surface area contributed by atoms with E-state index in [0.717, 1.165) is 34.2 Å². The van der Waals surface area contributed by atoms with Crippen LogP contribution in [0.2, 0.25) is 0 Å². The first kappa shape index (κ1) is 16.0. The van der Waals surface area contributed by atoms with E-state index in [1.165, 1.54) is 5.56 Å². The van der Waals surface area contributed by atoms with Crippen LogP contribution in [-0.2, 0) is 18.6 Å². The molecule has 0 aliphatic rings. The lowest BCUT2D eigenvalue weighted by atomic mass is 10.0. The summed E-state index contributed by atoms with van der Waals surface area (Å²) in [6, 6.07) is 7.99. The lowest BCUT2D eigenvalue weighted by Gasteiger charge is -2.16. The fourth-order valence-electron chi connectivity index (χ4n) is 2.13. The van der Waals surface area contributed by atoms with Gasteiger partial charge in [-0.25, -0.2) is 4.98 Å². The second-order valence-electron chi connectivity index (χ2n) is 5.79. The average molecular weight is 305 g/mol. The van der Waals surface area contributed by atoms with Crippen molar-refractivity contribution in [3.8, 4) is 5.75 Å². The molecular formula is C17H23NO2S. The first-order valence-electron chi connectivity index (χ1n) is 7.31. The van der Waals surface area contributed by atoms with Crippen molar-refractivity contribution >= 4 is 11.3 Å². The fraction of sp³-hybridized carbons (Fsp3) is 0.471. The minimum Gasteiger partial charge on any atom is -0.486 e. The van der Waals surface area contributed by atoms with Crippen molar-refractivity contribution in [3.63, 3.8) is 0 Å². The molecule has 1 N–H and O–H groups in total. The summed E-state index contributed by atoms with van der Waals surface area (Å²) in [6.07, 6.45) is 1.91. The third-order valence-electron chi connectivity index (χ3n) is 3.17. The molecule has 0 bridgehead atoms. The number of nitrogens with zero attached hydrogens (tertiary/aromatic N) is 1. The Bertz CT molecular complexity index is 582. The SMILES string of the molecule is CCCc1nc(COc2ccc(C)cc2)sc1C(C)(C)O. The number of aryl methyl sites for hydroxylation is 2. The molecule has 0 saturated heterocycles. The molecule has 0 amide bonds. The zero-order chi connectivity index (χ0) is 15.5. The van der Waals surface area contributed by atoms with E-state index in [4.69, 9.17) is 4.74 Å². The number of ether oxygens (including phenoxy) is 1. The molecular weight excluding hydrogens is 282 g/mol.